The molecule has 5 aliphatic rings. The van der Waals surface area contributed by atoms with Gasteiger partial charge in [0.05, 0.1) is 31.3 Å². The third-order valence-corrected chi connectivity index (χ3v) is 11.9. The fourth-order valence-corrected chi connectivity index (χ4v) is 8.89. The van der Waals surface area contributed by atoms with Crippen LogP contribution in [0.15, 0.2) is 0 Å². The van der Waals surface area contributed by atoms with Crippen LogP contribution in [0.3, 0.4) is 0 Å². The monoisotopic (exact) mass is 837 g/mol. The van der Waals surface area contributed by atoms with Gasteiger partial charge in [-0.2, -0.15) is 11.8 Å². The Kier molecular flexibility index (Phi) is 15.7. The number of carboxylic acids is 1. The van der Waals surface area contributed by atoms with E-state index in [9.17, 15) is 53.4 Å². The van der Waals surface area contributed by atoms with Crippen LogP contribution in [0, 0.1) is 0 Å². The molecular formula is C36H55N9O12S. The third-order valence-electron chi connectivity index (χ3n) is 11.3. The zero-order valence-corrected chi connectivity index (χ0v) is 33.4. The second-order valence-corrected chi connectivity index (χ2v) is 16.3. The van der Waals surface area contributed by atoms with Crippen LogP contribution in [-0.2, 0) is 43.2 Å². The largest absolute Gasteiger partial charge is 0.480 e. The number of aliphatic hydroxyl groups is 2. The summed E-state index contributed by atoms with van der Waals surface area (Å²) in [4.78, 5) is 122. The number of carbonyl (C=O) groups excluding carboxylic acids is 8. The van der Waals surface area contributed by atoms with Gasteiger partial charge in [-0.1, -0.05) is 0 Å². The van der Waals surface area contributed by atoms with Gasteiger partial charge in [-0.15, -0.1) is 0 Å². The molecule has 0 saturated carbocycles. The van der Waals surface area contributed by atoms with Crippen molar-refractivity contribution in [2.24, 2.45) is 0 Å². The van der Waals surface area contributed by atoms with Crippen LogP contribution in [0.25, 0.3) is 0 Å². The molecule has 322 valence electrons. The Morgan fingerprint density at radius 2 is 1.24 bits per heavy atom. The molecule has 58 heavy (non-hydrogen) atoms. The fourth-order valence-electron chi connectivity index (χ4n) is 8.42. The molecule has 5 fully saturated rings. The Morgan fingerprint density at radius 1 is 0.690 bits per heavy atom. The van der Waals surface area contributed by atoms with Gasteiger partial charge in [0, 0.05) is 39.1 Å². The average Bonchev–Trinajstić information content (AvgIpc) is 4.05. The Labute approximate surface area is 339 Å². The van der Waals surface area contributed by atoms with Gasteiger partial charge in [-0.25, -0.2) is 0 Å². The van der Waals surface area contributed by atoms with Crippen molar-refractivity contribution in [1.29, 1.82) is 0 Å². The topological polar surface area (TPSA) is 287 Å². The van der Waals surface area contributed by atoms with Gasteiger partial charge in [-0.05, 0) is 63.4 Å². The molecule has 0 aromatic heterocycles. The van der Waals surface area contributed by atoms with Gasteiger partial charge >= 0.3 is 5.97 Å². The first-order valence-electron chi connectivity index (χ1n) is 19.8. The van der Waals surface area contributed by atoms with Crippen molar-refractivity contribution in [3.63, 3.8) is 0 Å². The highest BCUT2D eigenvalue weighted by Gasteiger charge is 2.45. The van der Waals surface area contributed by atoms with Crippen molar-refractivity contribution in [3.8, 4) is 0 Å². The molecule has 5 rings (SSSR count). The summed E-state index contributed by atoms with van der Waals surface area (Å²) in [5, 5.41) is 42.2. The van der Waals surface area contributed by atoms with Crippen LogP contribution in [0.4, 0.5) is 0 Å². The van der Waals surface area contributed by atoms with E-state index in [2.05, 4.69) is 26.6 Å². The van der Waals surface area contributed by atoms with Crippen molar-refractivity contribution >= 4 is 65.0 Å². The van der Waals surface area contributed by atoms with E-state index in [0.29, 0.717) is 57.4 Å². The highest BCUT2D eigenvalue weighted by Crippen LogP contribution is 2.26. The number of hydrogen-bond acceptors (Lipinski definition) is 13. The number of β-amino-alcohol motifs (C(OH)–C–C–N with tert-alkyl or cyclic N) is 2. The Balaban J connectivity index is 1.13. The van der Waals surface area contributed by atoms with Crippen LogP contribution in [-0.4, -0.2) is 201 Å². The van der Waals surface area contributed by atoms with Gasteiger partial charge in [0.1, 0.15) is 36.8 Å². The molecule has 8 amide bonds. The minimum Gasteiger partial charge on any atom is -0.480 e. The van der Waals surface area contributed by atoms with Crippen molar-refractivity contribution in [1.82, 2.24) is 46.2 Å². The van der Waals surface area contributed by atoms with Crippen LogP contribution >= 0.6 is 11.8 Å². The van der Waals surface area contributed by atoms with Crippen LogP contribution < -0.4 is 26.6 Å². The Bertz CT molecular complexity index is 1600. The number of nitrogens with one attached hydrogen (secondary N) is 5. The second-order valence-electron chi connectivity index (χ2n) is 15.3. The lowest BCUT2D eigenvalue weighted by molar-refractivity contribution is -0.147. The van der Waals surface area contributed by atoms with Crippen LogP contribution in [0.1, 0.15) is 57.8 Å². The molecule has 0 aromatic carbocycles. The molecule has 21 nitrogen and oxygen atoms in total. The molecule has 22 heteroatoms. The molecule has 5 heterocycles. The number of carboxylic acid groups (broad SMARTS) is 1. The Morgan fingerprint density at radius 3 is 1.81 bits per heavy atom. The fraction of sp³-hybridized carbons (Fsp3) is 0.750. The normalized spacial score (nSPS) is 27.3. The Hall–Kier alpha value is -4.54. The highest BCUT2D eigenvalue weighted by atomic mass is 32.2. The molecule has 0 unspecified atom stereocenters. The van der Waals surface area contributed by atoms with Crippen LogP contribution in [0.2, 0.25) is 0 Å². The molecule has 0 aliphatic carbocycles. The van der Waals surface area contributed by atoms with E-state index in [1.54, 1.807) is 0 Å². The van der Waals surface area contributed by atoms with Crippen molar-refractivity contribution < 1.29 is 58.5 Å². The van der Waals surface area contributed by atoms with E-state index < -0.39 is 115 Å². The highest BCUT2D eigenvalue weighted by molar-refractivity contribution is 7.98. The minimum atomic E-state index is -1.24. The summed E-state index contributed by atoms with van der Waals surface area (Å²) in [6.45, 7) is -0.679. The third kappa shape index (κ3) is 10.9. The van der Waals surface area contributed by atoms with Gasteiger partial charge in [0.15, 0.2) is 0 Å². The SMILES string of the molecule is CSCC[C@H](NC(=O)CNC(=O)[C@@H]1CCCN1C(=O)[C@@H]1C[C@@H](O)CN1)C(=O)N1CCC[C@H]1C(=O)NCC(=O)N1C[C@H](O)C[C@H]1C(=O)N1CCC[C@H]1C(=O)NCC(=O)O. The average molecular weight is 838 g/mol. The number of aliphatic carboxylic acids is 1. The minimum absolute atomic E-state index is 0.0845. The van der Waals surface area contributed by atoms with E-state index in [1.807, 2.05) is 6.26 Å². The first kappa shape index (κ1) is 44.6. The molecule has 8 atom stereocenters. The zero-order valence-electron chi connectivity index (χ0n) is 32.6. The number of likely N-dealkylation sites (tertiary alicyclic amines) is 4. The van der Waals surface area contributed by atoms with Gasteiger partial charge in [-0.3, -0.25) is 43.2 Å². The lowest BCUT2D eigenvalue weighted by atomic mass is 10.1. The van der Waals surface area contributed by atoms with Gasteiger partial charge in [0.25, 0.3) is 0 Å². The first-order chi connectivity index (χ1) is 27.7. The van der Waals surface area contributed by atoms with Gasteiger partial charge < -0.3 is 61.5 Å². The second kappa shape index (κ2) is 20.4. The maximum atomic E-state index is 13.9. The number of rotatable bonds is 16. The number of hydrogen-bond donors (Lipinski definition) is 8. The van der Waals surface area contributed by atoms with E-state index in [-0.39, 0.29) is 44.8 Å². The smallest absolute Gasteiger partial charge is 0.322 e. The van der Waals surface area contributed by atoms with E-state index in [1.165, 1.54) is 26.5 Å². The van der Waals surface area contributed by atoms with Crippen molar-refractivity contribution in [3.05, 3.63) is 0 Å². The van der Waals surface area contributed by atoms with E-state index in [4.69, 9.17) is 5.11 Å². The zero-order chi connectivity index (χ0) is 42.1. The maximum Gasteiger partial charge on any atom is 0.322 e. The number of thioether (sulfide) groups is 1. The molecule has 0 bridgehead atoms. The number of amides is 8. The summed E-state index contributed by atoms with van der Waals surface area (Å²) in [6, 6.07) is -5.35. The first-order valence-corrected chi connectivity index (χ1v) is 21.2. The lowest BCUT2D eigenvalue weighted by Gasteiger charge is -2.31. The number of nitrogens with zero attached hydrogens (tertiary/aromatic N) is 4. The maximum absolute atomic E-state index is 13.9. The molecule has 0 radical (unpaired) electrons. The predicted octanol–water partition coefficient (Wildman–Crippen LogP) is -4.68. The molecule has 8 N–H and O–H groups in total. The lowest BCUT2D eigenvalue weighted by Crippen LogP contribution is -2.56. The number of aliphatic hydroxyl groups excluding tert-OH is 2. The van der Waals surface area contributed by atoms with E-state index in [0.717, 1.165) is 4.90 Å². The standard InChI is InChI=1S/C36H55N9O12S/c1-58-12-8-22(41-28(48)16-38-31(52)24-5-3-10-43(24)35(56)23-13-20(46)15-37-23)34(55)42-9-2-6-25(42)32(53)39-17-29(49)45-19-21(47)14-27(45)36(57)44-11-4-7-26(44)33(54)40-18-30(50)51/h20-27,37,46-47H,2-19H2,1H3,(H,38,52)(H,39,53)(H,40,54)(H,41,48)(H,50,51)/t20-,21-,22+,23+,24+,25+,26+,27+/m1/s1. The van der Waals surface area contributed by atoms with E-state index >= 15 is 0 Å². The summed E-state index contributed by atoms with van der Waals surface area (Å²) in [6.07, 6.45) is 3.16. The van der Waals surface area contributed by atoms with Gasteiger partial charge in [0.2, 0.25) is 47.3 Å². The molecular weight excluding hydrogens is 783 g/mol. The summed E-state index contributed by atoms with van der Waals surface area (Å²) in [7, 11) is 0. The van der Waals surface area contributed by atoms with Crippen molar-refractivity contribution in [2.75, 3.05) is 64.4 Å². The number of carbonyl (C=O) groups is 9. The summed E-state index contributed by atoms with van der Waals surface area (Å²) in [5.41, 5.74) is 0. The molecule has 5 aliphatic heterocycles. The molecule has 0 spiro atoms. The molecule has 5 saturated heterocycles. The summed E-state index contributed by atoms with van der Waals surface area (Å²) < 4.78 is 0. The molecule has 0 aromatic rings. The predicted molar refractivity (Wildman–Crippen MR) is 204 cm³/mol. The van der Waals surface area contributed by atoms with Crippen LogP contribution in [0.5, 0.6) is 0 Å². The van der Waals surface area contributed by atoms with Crippen molar-refractivity contribution in [2.45, 2.75) is 106 Å². The quantitative estimate of drug-likeness (QED) is 0.0726. The summed E-state index contributed by atoms with van der Waals surface area (Å²) in [5.74, 6) is -5.12. The summed E-state index contributed by atoms with van der Waals surface area (Å²) >= 11 is 1.45.